The molecule has 1 aliphatic heterocycles. The van der Waals surface area contributed by atoms with E-state index in [1.54, 1.807) is 24.3 Å². The summed E-state index contributed by atoms with van der Waals surface area (Å²) in [5.41, 5.74) is 7.94. The zero-order valence-electron chi connectivity index (χ0n) is 27.8. The van der Waals surface area contributed by atoms with Gasteiger partial charge in [-0.1, -0.05) is 73.7 Å². The monoisotopic (exact) mass is 695 g/mol. The lowest BCUT2D eigenvalue weighted by Crippen LogP contribution is -2.39. The lowest BCUT2D eigenvalue weighted by molar-refractivity contribution is 0.514. The molecule has 52 heavy (non-hydrogen) atoms. The molecule has 0 unspecified atom stereocenters. The summed E-state index contributed by atoms with van der Waals surface area (Å²) in [6.45, 7) is 6.26. The second kappa shape index (κ2) is 13.2. The van der Waals surface area contributed by atoms with Crippen LogP contribution in [0.4, 0.5) is 34.6 Å². The predicted molar refractivity (Wildman–Crippen MR) is 196 cm³/mol. The quantitative estimate of drug-likeness (QED) is 0.133. The van der Waals surface area contributed by atoms with E-state index in [1.807, 2.05) is 60.7 Å². The molecule has 0 saturated carbocycles. The molecule has 0 amide bonds. The van der Waals surface area contributed by atoms with Crippen LogP contribution in [0.25, 0.3) is 22.5 Å². The highest BCUT2D eigenvalue weighted by Gasteiger charge is 2.49. The molecule has 9 heteroatoms. The van der Waals surface area contributed by atoms with Gasteiger partial charge < -0.3 is 4.90 Å². The molecular formula is C43H33F4N5. The molecule has 258 valence electrons. The molecule has 4 aromatic heterocycles. The van der Waals surface area contributed by atoms with Gasteiger partial charge in [-0.2, -0.15) is 27.5 Å². The van der Waals surface area contributed by atoms with Crippen molar-refractivity contribution < 1.29 is 17.6 Å². The van der Waals surface area contributed by atoms with E-state index in [9.17, 15) is 8.78 Å². The van der Waals surface area contributed by atoms with E-state index in [4.69, 9.17) is 9.97 Å². The molecular weight excluding hydrogens is 662 g/mol. The second-order valence-electron chi connectivity index (χ2n) is 12.6. The Morgan fingerprint density at radius 3 is 1.38 bits per heavy atom. The second-order valence-corrected chi connectivity index (χ2v) is 12.6. The number of nitrogens with zero attached hydrogens (tertiary/aromatic N) is 5. The van der Waals surface area contributed by atoms with Crippen molar-refractivity contribution in [1.82, 2.24) is 19.9 Å². The molecule has 5 heterocycles. The molecule has 1 aliphatic rings. The van der Waals surface area contributed by atoms with Gasteiger partial charge in [-0.3, -0.25) is 9.97 Å². The molecule has 0 N–H and O–H groups in total. The molecule has 8 rings (SSSR count). The van der Waals surface area contributed by atoms with E-state index >= 15 is 8.78 Å². The number of aryl methyl sites for hydroxylation is 3. The SMILES string of the molecule is C.Cc1cc(C)c(N2c3ccccc3C(c3cccc(-c4ccc(F)nc4F)n3)(c3cccc(-c4ccc(F)nc4F)n3)c3ccccc32)c(C)c1. The maximum absolute atomic E-state index is 15.2. The summed E-state index contributed by atoms with van der Waals surface area (Å²) in [6.07, 6.45) is 0. The van der Waals surface area contributed by atoms with Crippen molar-refractivity contribution in [2.75, 3.05) is 4.90 Å². The van der Waals surface area contributed by atoms with Crippen molar-refractivity contribution in [2.24, 2.45) is 0 Å². The summed E-state index contributed by atoms with van der Waals surface area (Å²) >= 11 is 0. The van der Waals surface area contributed by atoms with Gasteiger partial charge in [0.15, 0.2) is 0 Å². The third kappa shape index (κ3) is 5.40. The third-order valence-corrected chi connectivity index (χ3v) is 9.40. The summed E-state index contributed by atoms with van der Waals surface area (Å²) < 4.78 is 58.1. The number of para-hydroxylation sites is 2. The average Bonchev–Trinajstić information content (AvgIpc) is 3.11. The van der Waals surface area contributed by atoms with Crippen LogP contribution >= 0.6 is 0 Å². The maximum Gasteiger partial charge on any atom is 0.224 e. The summed E-state index contributed by atoms with van der Waals surface area (Å²) in [4.78, 5) is 19.2. The highest BCUT2D eigenvalue weighted by Crippen LogP contribution is 2.58. The number of anilines is 3. The van der Waals surface area contributed by atoms with Crippen LogP contribution in [0.5, 0.6) is 0 Å². The third-order valence-electron chi connectivity index (χ3n) is 9.40. The Balaban J connectivity index is 0.00000420. The fourth-order valence-electron chi connectivity index (χ4n) is 7.49. The van der Waals surface area contributed by atoms with E-state index in [-0.39, 0.29) is 29.9 Å². The minimum Gasteiger partial charge on any atom is -0.309 e. The lowest BCUT2D eigenvalue weighted by atomic mass is 9.65. The van der Waals surface area contributed by atoms with Crippen LogP contribution in [0.3, 0.4) is 0 Å². The fraction of sp³-hybridized carbons (Fsp3) is 0.116. The van der Waals surface area contributed by atoms with Crippen LogP contribution in [0, 0.1) is 44.6 Å². The maximum atomic E-state index is 15.2. The molecule has 5 nitrogen and oxygen atoms in total. The van der Waals surface area contributed by atoms with E-state index in [2.05, 4.69) is 47.8 Å². The molecule has 0 saturated heterocycles. The van der Waals surface area contributed by atoms with E-state index in [0.717, 1.165) is 57.0 Å². The topological polar surface area (TPSA) is 54.8 Å². The highest BCUT2D eigenvalue weighted by molar-refractivity contribution is 5.91. The zero-order chi connectivity index (χ0) is 35.4. The van der Waals surface area contributed by atoms with Crippen LogP contribution in [-0.4, -0.2) is 19.9 Å². The molecule has 0 atom stereocenters. The van der Waals surface area contributed by atoms with E-state index in [0.29, 0.717) is 11.4 Å². The molecule has 7 aromatic rings. The van der Waals surface area contributed by atoms with Crippen LogP contribution in [-0.2, 0) is 5.41 Å². The number of rotatable bonds is 5. The minimum absolute atomic E-state index is 0. The largest absolute Gasteiger partial charge is 0.309 e. The average molecular weight is 696 g/mol. The number of aromatic nitrogens is 4. The zero-order valence-corrected chi connectivity index (χ0v) is 27.8. The van der Waals surface area contributed by atoms with Crippen LogP contribution < -0.4 is 4.90 Å². The van der Waals surface area contributed by atoms with Crippen molar-refractivity contribution in [3.63, 3.8) is 0 Å². The Hall–Kier alpha value is -6.22. The van der Waals surface area contributed by atoms with Crippen LogP contribution in [0.1, 0.15) is 46.6 Å². The first kappa shape index (κ1) is 34.2. The number of fused-ring (bicyclic) bond motifs is 2. The first-order valence-electron chi connectivity index (χ1n) is 16.3. The Kier molecular flexibility index (Phi) is 8.66. The highest BCUT2D eigenvalue weighted by atomic mass is 19.1. The van der Waals surface area contributed by atoms with E-state index < -0.39 is 29.2 Å². The Morgan fingerprint density at radius 2 is 0.942 bits per heavy atom. The Labute approximate surface area is 299 Å². The van der Waals surface area contributed by atoms with Crippen molar-refractivity contribution >= 4 is 17.1 Å². The number of pyridine rings is 4. The lowest BCUT2D eigenvalue weighted by Gasteiger charge is -2.45. The summed E-state index contributed by atoms with van der Waals surface area (Å²) in [5, 5.41) is 0. The summed E-state index contributed by atoms with van der Waals surface area (Å²) in [6, 6.07) is 35.6. The molecule has 0 fully saturated rings. The van der Waals surface area contributed by atoms with Crippen molar-refractivity contribution in [2.45, 2.75) is 33.6 Å². The molecule has 3 aromatic carbocycles. The normalized spacial score (nSPS) is 12.9. The fourth-order valence-corrected chi connectivity index (χ4v) is 7.49. The molecule has 0 bridgehead atoms. The minimum atomic E-state index is -1.25. The van der Waals surface area contributed by atoms with Gasteiger partial charge in [0, 0.05) is 0 Å². The first-order valence-corrected chi connectivity index (χ1v) is 16.3. The number of hydrogen-bond acceptors (Lipinski definition) is 5. The van der Waals surface area contributed by atoms with Gasteiger partial charge in [-0.15, -0.1) is 0 Å². The molecule has 0 radical (unpaired) electrons. The first-order chi connectivity index (χ1) is 24.7. The van der Waals surface area contributed by atoms with Gasteiger partial charge in [-0.25, -0.2) is 0 Å². The molecule has 0 spiro atoms. The van der Waals surface area contributed by atoms with Crippen molar-refractivity contribution in [3.05, 3.63) is 184 Å². The standard InChI is InChI=1S/C42H29F4N5.CH4/c1-24-22-25(2)39(26(3)23-24)51-33-14-6-4-10-29(33)42(30-11-5-7-15-34(30)51,35-16-8-12-31(47-35)27-18-20-37(43)49-40(27)45)36-17-9-13-32(48-36)28-19-21-38(44)50-41(28)46;/h4-23H,1-3H3;1H4. The number of halogens is 4. The van der Waals surface area contributed by atoms with Crippen LogP contribution in [0.15, 0.2) is 121 Å². The van der Waals surface area contributed by atoms with Gasteiger partial charge >= 0.3 is 0 Å². The van der Waals surface area contributed by atoms with Crippen LogP contribution in [0.2, 0.25) is 0 Å². The predicted octanol–water partition coefficient (Wildman–Crippen LogP) is 10.9. The summed E-state index contributed by atoms with van der Waals surface area (Å²) in [7, 11) is 0. The van der Waals surface area contributed by atoms with E-state index in [1.165, 1.54) is 12.1 Å². The van der Waals surface area contributed by atoms with Gasteiger partial charge in [0.1, 0.15) is 5.41 Å². The molecule has 0 aliphatic carbocycles. The smallest absolute Gasteiger partial charge is 0.224 e. The Bertz CT molecular complexity index is 2330. The van der Waals surface area contributed by atoms with Gasteiger partial charge in [0.25, 0.3) is 0 Å². The number of hydrogen-bond donors (Lipinski definition) is 0. The van der Waals surface area contributed by atoms with Crippen molar-refractivity contribution in [3.8, 4) is 22.5 Å². The summed E-state index contributed by atoms with van der Waals surface area (Å²) in [5.74, 6) is -3.86. The van der Waals surface area contributed by atoms with Gasteiger partial charge in [0.05, 0.1) is 51.0 Å². The Morgan fingerprint density at radius 1 is 0.500 bits per heavy atom. The van der Waals surface area contributed by atoms with Crippen molar-refractivity contribution in [1.29, 1.82) is 0 Å². The van der Waals surface area contributed by atoms with Gasteiger partial charge in [0.2, 0.25) is 23.8 Å². The number of benzene rings is 3. The van der Waals surface area contributed by atoms with Gasteiger partial charge in [-0.05, 0) is 104 Å².